The first kappa shape index (κ1) is 11.6. The Bertz CT molecular complexity index is 612. The fourth-order valence-electron chi connectivity index (χ4n) is 1.59. The minimum Gasteiger partial charge on any atom is -0.378 e. The van der Waals surface area contributed by atoms with Crippen molar-refractivity contribution in [3.05, 3.63) is 47.8 Å². The molecule has 0 heterocycles. The monoisotopic (exact) mass is 228 g/mol. The van der Waals surface area contributed by atoms with Gasteiger partial charge in [0, 0.05) is 16.3 Å². The van der Waals surface area contributed by atoms with Gasteiger partial charge in [0.25, 0.3) is 0 Å². The van der Waals surface area contributed by atoms with Crippen molar-refractivity contribution in [1.82, 2.24) is 0 Å². The zero-order valence-corrected chi connectivity index (χ0v) is 9.79. The zero-order valence-electron chi connectivity index (χ0n) is 9.79. The van der Waals surface area contributed by atoms with Crippen molar-refractivity contribution in [3.8, 4) is 11.8 Å². The third-order valence-corrected chi connectivity index (χ3v) is 2.37. The van der Waals surface area contributed by atoms with Crippen LogP contribution in [0.3, 0.4) is 0 Å². The predicted octanol–water partition coefficient (Wildman–Crippen LogP) is 3.10. The lowest BCUT2D eigenvalue weighted by Gasteiger charge is -2.07. The van der Waals surface area contributed by atoms with Gasteiger partial charge < -0.3 is 5.11 Å². The molecular formula is C15H13FO. The summed E-state index contributed by atoms with van der Waals surface area (Å²) in [7, 11) is 0. The van der Waals surface area contributed by atoms with Crippen molar-refractivity contribution in [3.63, 3.8) is 0 Å². The van der Waals surface area contributed by atoms with Crippen LogP contribution in [0, 0.1) is 17.7 Å². The van der Waals surface area contributed by atoms with Crippen molar-refractivity contribution in [1.29, 1.82) is 0 Å². The lowest BCUT2D eigenvalue weighted by molar-refractivity contribution is 0.143. The van der Waals surface area contributed by atoms with E-state index in [9.17, 15) is 9.50 Å². The summed E-state index contributed by atoms with van der Waals surface area (Å²) in [5.41, 5.74) is -0.320. The van der Waals surface area contributed by atoms with E-state index in [2.05, 4.69) is 11.8 Å². The van der Waals surface area contributed by atoms with Gasteiger partial charge in [0.2, 0.25) is 0 Å². The molecule has 1 N–H and O–H groups in total. The van der Waals surface area contributed by atoms with Crippen LogP contribution in [-0.4, -0.2) is 10.7 Å². The number of fused-ring (bicyclic) bond motifs is 1. The summed E-state index contributed by atoms with van der Waals surface area (Å²) in [6, 6.07) is 10.2. The molecule has 2 aromatic carbocycles. The summed E-state index contributed by atoms with van der Waals surface area (Å²) in [6.07, 6.45) is 0. The first-order chi connectivity index (χ1) is 7.97. The number of halogens is 1. The highest BCUT2D eigenvalue weighted by atomic mass is 19.1. The molecule has 2 rings (SSSR count). The van der Waals surface area contributed by atoms with E-state index in [4.69, 9.17) is 0 Å². The SMILES string of the molecule is CC(C)(O)C#Cc1ccc(F)c2ccccc12. The van der Waals surface area contributed by atoms with Crippen LogP contribution in [0.2, 0.25) is 0 Å². The second kappa shape index (κ2) is 4.20. The van der Waals surface area contributed by atoms with Crippen LogP contribution < -0.4 is 0 Å². The highest BCUT2D eigenvalue weighted by Crippen LogP contribution is 2.21. The number of hydrogen-bond donors (Lipinski definition) is 1. The minimum absolute atomic E-state index is 0.255. The van der Waals surface area contributed by atoms with Gasteiger partial charge in [-0.2, -0.15) is 0 Å². The fraction of sp³-hybridized carbons (Fsp3) is 0.200. The molecule has 0 saturated carbocycles. The Kier molecular flexibility index (Phi) is 2.87. The van der Waals surface area contributed by atoms with E-state index in [-0.39, 0.29) is 5.82 Å². The van der Waals surface area contributed by atoms with Gasteiger partial charge in [-0.1, -0.05) is 36.1 Å². The maximum Gasteiger partial charge on any atom is 0.131 e. The molecule has 0 saturated heterocycles. The average molecular weight is 228 g/mol. The van der Waals surface area contributed by atoms with Crippen LogP contribution in [0.25, 0.3) is 10.8 Å². The summed E-state index contributed by atoms with van der Waals surface area (Å²) in [5.74, 6) is 5.37. The van der Waals surface area contributed by atoms with E-state index >= 15 is 0 Å². The molecule has 0 atom stereocenters. The largest absolute Gasteiger partial charge is 0.378 e. The number of rotatable bonds is 0. The van der Waals surface area contributed by atoms with Crippen LogP contribution >= 0.6 is 0 Å². The quantitative estimate of drug-likeness (QED) is 0.687. The molecule has 0 amide bonds. The van der Waals surface area contributed by atoms with Gasteiger partial charge in [-0.05, 0) is 26.0 Å². The second-order valence-corrected chi connectivity index (χ2v) is 4.45. The van der Waals surface area contributed by atoms with Crippen LogP contribution in [-0.2, 0) is 0 Å². The molecule has 17 heavy (non-hydrogen) atoms. The summed E-state index contributed by atoms with van der Waals surface area (Å²) in [5, 5.41) is 10.9. The lowest BCUT2D eigenvalue weighted by atomic mass is 10.0. The van der Waals surface area contributed by atoms with Crippen molar-refractivity contribution >= 4 is 10.8 Å². The van der Waals surface area contributed by atoms with E-state index in [0.29, 0.717) is 5.39 Å². The second-order valence-electron chi connectivity index (χ2n) is 4.45. The Balaban J connectivity index is 2.63. The van der Waals surface area contributed by atoms with Crippen LogP contribution in [0.5, 0.6) is 0 Å². The predicted molar refractivity (Wildman–Crippen MR) is 67.1 cm³/mol. The van der Waals surface area contributed by atoms with Crippen molar-refractivity contribution in [2.24, 2.45) is 0 Å². The maximum absolute atomic E-state index is 13.5. The Hall–Kier alpha value is -1.85. The van der Waals surface area contributed by atoms with Crippen molar-refractivity contribution < 1.29 is 9.50 Å². The topological polar surface area (TPSA) is 20.2 Å². The van der Waals surface area contributed by atoms with Crippen LogP contribution in [0.15, 0.2) is 36.4 Å². The summed E-state index contributed by atoms with van der Waals surface area (Å²) >= 11 is 0. The normalized spacial score (nSPS) is 11.1. The van der Waals surface area contributed by atoms with E-state index in [1.54, 1.807) is 32.0 Å². The minimum atomic E-state index is -1.05. The molecule has 0 aliphatic carbocycles. The molecular weight excluding hydrogens is 215 g/mol. The Morgan fingerprint density at radius 2 is 1.71 bits per heavy atom. The smallest absolute Gasteiger partial charge is 0.131 e. The molecule has 1 nitrogen and oxygen atoms in total. The summed E-state index contributed by atoms with van der Waals surface area (Å²) in [6.45, 7) is 3.23. The first-order valence-corrected chi connectivity index (χ1v) is 5.40. The molecule has 2 aromatic rings. The van der Waals surface area contributed by atoms with Gasteiger partial charge in [0.05, 0.1) is 0 Å². The van der Waals surface area contributed by atoms with Crippen LogP contribution in [0.1, 0.15) is 19.4 Å². The van der Waals surface area contributed by atoms with Gasteiger partial charge in [-0.15, -0.1) is 0 Å². The molecule has 0 spiro atoms. The molecule has 0 aromatic heterocycles. The van der Waals surface area contributed by atoms with E-state index in [1.807, 2.05) is 12.1 Å². The fourth-order valence-corrected chi connectivity index (χ4v) is 1.59. The highest BCUT2D eigenvalue weighted by Gasteiger charge is 2.07. The van der Waals surface area contributed by atoms with E-state index in [0.717, 1.165) is 10.9 Å². The maximum atomic E-state index is 13.5. The van der Waals surface area contributed by atoms with E-state index < -0.39 is 5.60 Å². The van der Waals surface area contributed by atoms with Crippen molar-refractivity contribution in [2.45, 2.75) is 19.4 Å². The van der Waals surface area contributed by atoms with Crippen molar-refractivity contribution in [2.75, 3.05) is 0 Å². The highest BCUT2D eigenvalue weighted by molar-refractivity contribution is 5.88. The standard InChI is InChI=1S/C15H13FO/c1-15(2,17)10-9-11-7-8-14(16)13-6-4-3-5-12(11)13/h3-8,17H,1-2H3. The molecule has 0 aliphatic heterocycles. The van der Waals surface area contributed by atoms with Gasteiger partial charge in [-0.3, -0.25) is 0 Å². The summed E-state index contributed by atoms with van der Waals surface area (Å²) in [4.78, 5) is 0. The number of hydrogen-bond acceptors (Lipinski definition) is 1. The Morgan fingerprint density at radius 3 is 2.35 bits per heavy atom. The molecule has 86 valence electrons. The Morgan fingerprint density at radius 1 is 1.06 bits per heavy atom. The first-order valence-electron chi connectivity index (χ1n) is 5.40. The van der Waals surface area contributed by atoms with E-state index in [1.165, 1.54) is 6.07 Å². The van der Waals surface area contributed by atoms with Gasteiger partial charge in [-0.25, -0.2) is 4.39 Å². The van der Waals surface area contributed by atoms with Gasteiger partial charge >= 0.3 is 0 Å². The third kappa shape index (κ3) is 2.64. The van der Waals surface area contributed by atoms with Crippen LogP contribution in [0.4, 0.5) is 4.39 Å². The molecule has 0 aliphatic rings. The molecule has 0 radical (unpaired) electrons. The molecule has 2 heteroatoms. The zero-order chi connectivity index (χ0) is 12.5. The van der Waals surface area contributed by atoms with Gasteiger partial charge in [0.15, 0.2) is 0 Å². The number of benzene rings is 2. The third-order valence-electron chi connectivity index (χ3n) is 2.37. The number of aliphatic hydroxyl groups is 1. The molecule has 0 bridgehead atoms. The van der Waals surface area contributed by atoms with Gasteiger partial charge in [0.1, 0.15) is 11.4 Å². The summed E-state index contributed by atoms with van der Waals surface area (Å²) < 4.78 is 13.5. The lowest BCUT2D eigenvalue weighted by Crippen LogP contribution is -2.14. The average Bonchev–Trinajstić information content (AvgIpc) is 2.27. The Labute approximate surface area is 99.9 Å². The molecule has 0 fully saturated rings. The molecule has 0 unspecified atom stereocenters.